The molecular formula is C17H22FN3O3. The molecule has 1 aromatic rings. The molecule has 7 heteroatoms. The molecule has 0 radical (unpaired) electrons. The van der Waals surface area contributed by atoms with E-state index in [0.717, 1.165) is 13.1 Å². The molecule has 0 unspecified atom stereocenters. The Labute approximate surface area is 140 Å². The van der Waals surface area contributed by atoms with E-state index in [1.807, 2.05) is 7.05 Å². The third kappa shape index (κ3) is 5.42. The van der Waals surface area contributed by atoms with Gasteiger partial charge in [-0.25, -0.2) is 4.39 Å². The van der Waals surface area contributed by atoms with E-state index in [0.29, 0.717) is 18.7 Å². The smallest absolute Gasteiger partial charge is 0.242 e. The first kappa shape index (κ1) is 18.1. The van der Waals surface area contributed by atoms with Crippen LogP contribution in [-0.2, 0) is 9.59 Å². The third-order valence-electron chi connectivity index (χ3n) is 4.04. The first-order chi connectivity index (χ1) is 11.5. The van der Waals surface area contributed by atoms with Gasteiger partial charge in [-0.2, -0.15) is 0 Å². The summed E-state index contributed by atoms with van der Waals surface area (Å²) in [4.78, 5) is 39.5. The molecule has 1 N–H and O–H groups in total. The molecule has 24 heavy (non-hydrogen) atoms. The lowest BCUT2D eigenvalue weighted by atomic mass is 10.1. The predicted octanol–water partition coefficient (Wildman–Crippen LogP) is 0.679. The van der Waals surface area contributed by atoms with E-state index in [1.54, 1.807) is 4.90 Å². The number of nitrogens with one attached hydrogen (secondary N) is 1. The number of rotatable bonds is 6. The lowest BCUT2D eigenvalue weighted by Gasteiger charge is -2.32. The molecular weight excluding hydrogens is 313 g/mol. The number of halogens is 1. The quantitative estimate of drug-likeness (QED) is 0.776. The van der Waals surface area contributed by atoms with Crippen LogP contribution in [0.15, 0.2) is 24.3 Å². The number of likely N-dealkylation sites (N-methyl/N-ethyl adjacent to an activating group) is 1. The topological polar surface area (TPSA) is 69.7 Å². The average Bonchev–Trinajstić information content (AvgIpc) is 2.58. The van der Waals surface area contributed by atoms with Crippen molar-refractivity contribution in [1.29, 1.82) is 0 Å². The highest BCUT2D eigenvalue weighted by atomic mass is 19.1. The maximum atomic E-state index is 12.8. The molecule has 1 heterocycles. The van der Waals surface area contributed by atoms with E-state index in [9.17, 15) is 18.8 Å². The second-order valence-corrected chi connectivity index (χ2v) is 5.89. The SMILES string of the molecule is CN1CCN(C(=O)CNC(=O)CCC(=O)c2ccc(F)cc2)CC1. The van der Waals surface area contributed by atoms with Crippen LogP contribution in [-0.4, -0.2) is 67.2 Å². The Bertz CT molecular complexity index is 596. The monoisotopic (exact) mass is 335 g/mol. The summed E-state index contributed by atoms with van der Waals surface area (Å²) in [7, 11) is 2.00. The Balaban J connectivity index is 1.68. The highest BCUT2D eigenvalue weighted by molar-refractivity contribution is 5.98. The lowest BCUT2D eigenvalue weighted by Crippen LogP contribution is -2.50. The summed E-state index contributed by atoms with van der Waals surface area (Å²) in [6.07, 6.45) is 0.0341. The highest BCUT2D eigenvalue weighted by Gasteiger charge is 2.19. The molecule has 0 aliphatic carbocycles. The standard InChI is InChI=1S/C17H22FN3O3/c1-20-8-10-21(11-9-20)17(24)12-19-16(23)7-6-15(22)13-2-4-14(18)5-3-13/h2-5H,6-12H2,1H3,(H,19,23). The Morgan fingerprint density at radius 1 is 1.04 bits per heavy atom. The summed E-state index contributed by atoms with van der Waals surface area (Å²) in [5.41, 5.74) is 0.373. The summed E-state index contributed by atoms with van der Waals surface area (Å²) in [5, 5.41) is 2.55. The van der Waals surface area contributed by atoms with Crippen molar-refractivity contribution in [2.24, 2.45) is 0 Å². The van der Waals surface area contributed by atoms with Crippen molar-refractivity contribution in [3.8, 4) is 0 Å². The van der Waals surface area contributed by atoms with E-state index in [1.165, 1.54) is 24.3 Å². The van der Waals surface area contributed by atoms with E-state index in [-0.39, 0.29) is 37.0 Å². The number of piperazine rings is 1. The minimum atomic E-state index is -0.410. The average molecular weight is 335 g/mol. The largest absolute Gasteiger partial charge is 0.347 e. The van der Waals surface area contributed by atoms with Gasteiger partial charge in [0.05, 0.1) is 6.54 Å². The third-order valence-corrected chi connectivity index (χ3v) is 4.04. The number of Topliss-reactive ketones (excluding diaryl/α,β-unsaturated/α-hetero) is 1. The number of carbonyl (C=O) groups excluding carboxylic acids is 3. The number of amides is 2. The first-order valence-electron chi connectivity index (χ1n) is 7.97. The van der Waals surface area contributed by atoms with Crippen LogP contribution < -0.4 is 5.32 Å². The van der Waals surface area contributed by atoms with Crippen molar-refractivity contribution in [3.05, 3.63) is 35.6 Å². The molecule has 1 aromatic carbocycles. The van der Waals surface area contributed by atoms with Gasteiger partial charge in [-0.15, -0.1) is 0 Å². The summed E-state index contributed by atoms with van der Waals surface area (Å²) in [5.74, 6) is -1.09. The maximum absolute atomic E-state index is 12.8. The van der Waals surface area contributed by atoms with Crippen molar-refractivity contribution in [3.63, 3.8) is 0 Å². The molecule has 130 valence electrons. The molecule has 2 rings (SSSR count). The van der Waals surface area contributed by atoms with Gasteiger partial charge < -0.3 is 15.1 Å². The fraction of sp³-hybridized carbons (Fsp3) is 0.471. The number of hydrogen-bond acceptors (Lipinski definition) is 4. The Morgan fingerprint density at radius 2 is 1.67 bits per heavy atom. The zero-order chi connectivity index (χ0) is 17.5. The minimum Gasteiger partial charge on any atom is -0.347 e. The minimum absolute atomic E-state index is 0.00618. The van der Waals surface area contributed by atoms with Crippen molar-refractivity contribution in [1.82, 2.24) is 15.1 Å². The molecule has 1 aliphatic rings. The van der Waals surface area contributed by atoms with E-state index in [2.05, 4.69) is 10.2 Å². The molecule has 2 amide bonds. The Kier molecular flexibility index (Phi) is 6.43. The summed E-state index contributed by atoms with van der Waals surface area (Å²) >= 11 is 0. The second kappa shape index (κ2) is 8.54. The van der Waals surface area contributed by atoms with Crippen LogP contribution in [0.4, 0.5) is 4.39 Å². The maximum Gasteiger partial charge on any atom is 0.242 e. The van der Waals surface area contributed by atoms with Gasteiger partial charge >= 0.3 is 0 Å². The van der Waals surface area contributed by atoms with Crippen LogP contribution in [0.25, 0.3) is 0 Å². The molecule has 1 saturated heterocycles. The van der Waals surface area contributed by atoms with Crippen molar-refractivity contribution in [2.45, 2.75) is 12.8 Å². The second-order valence-electron chi connectivity index (χ2n) is 5.89. The van der Waals surface area contributed by atoms with Crippen molar-refractivity contribution >= 4 is 17.6 Å². The van der Waals surface area contributed by atoms with Crippen molar-refractivity contribution < 1.29 is 18.8 Å². The van der Waals surface area contributed by atoms with Gasteiger partial charge in [-0.3, -0.25) is 14.4 Å². The van der Waals surface area contributed by atoms with Crippen LogP contribution in [0.5, 0.6) is 0 Å². The summed E-state index contributed by atoms with van der Waals surface area (Å²) < 4.78 is 12.8. The van der Waals surface area contributed by atoms with Crippen molar-refractivity contribution in [2.75, 3.05) is 39.8 Å². The van der Waals surface area contributed by atoms with Gasteiger partial charge in [0.25, 0.3) is 0 Å². The van der Waals surface area contributed by atoms with Gasteiger partial charge in [0.2, 0.25) is 11.8 Å². The van der Waals surface area contributed by atoms with Crippen LogP contribution in [0.2, 0.25) is 0 Å². The van der Waals surface area contributed by atoms with Gasteiger partial charge in [0.1, 0.15) is 5.82 Å². The van der Waals surface area contributed by atoms with Gasteiger partial charge in [-0.05, 0) is 31.3 Å². The molecule has 0 aromatic heterocycles. The number of nitrogens with zero attached hydrogens (tertiary/aromatic N) is 2. The van der Waals surface area contributed by atoms with Gasteiger partial charge in [-0.1, -0.05) is 0 Å². The highest BCUT2D eigenvalue weighted by Crippen LogP contribution is 2.07. The van der Waals surface area contributed by atoms with Crippen LogP contribution >= 0.6 is 0 Å². The van der Waals surface area contributed by atoms with Gasteiger partial charge in [0.15, 0.2) is 5.78 Å². The predicted molar refractivity (Wildman–Crippen MR) is 87.1 cm³/mol. The van der Waals surface area contributed by atoms with Crippen LogP contribution in [0.1, 0.15) is 23.2 Å². The van der Waals surface area contributed by atoms with Crippen LogP contribution in [0, 0.1) is 5.82 Å². The first-order valence-corrected chi connectivity index (χ1v) is 7.97. The fourth-order valence-corrected chi connectivity index (χ4v) is 2.44. The molecule has 1 fully saturated rings. The molecule has 0 saturated carbocycles. The van der Waals surface area contributed by atoms with Crippen LogP contribution in [0.3, 0.4) is 0 Å². The number of benzene rings is 1. The molecule has 6 nitrogen and oxygen atoms in total. The van der Waals surface area contributed by atoms with E-state index in [4.69, 9.17) is 0 Å². The zero-order valence-electron chi connectivity index (χ0n) is 13.8. The molecule has 0 atom stereocenters. The molecule has 0 spiro atoms. The Hall–Kier alpha value is -2.28. The summed E-state index contributed by atoms with van der Waals surface area (Å²) in [6.45, 7) is 2.92. The number of ketones is 1. The fourth-order valence-electron chi connectivity index (χ4n) is 2.44. The van der Waals surface area contributed by atoms with Gasteiger partial charge in [0, 0.05) is 44.6 Å². The number of hydrogen-bond donors (Lipinski definition) is 1. The summed E-state index contributed by atoms with van der Waals surface area (Å²) in [6, 6.07) is 5.21. The van der Waals surface area contributed by atoms with E-state index >= 15 is 0 Å². The number of carbonyl (C=O) groups is 3. The zero-order valence-corrected chi connectivity index (χ0v) is 13.8. The Morgan fingerprint density at radius 3 is 2.29 bits per heavy atom. The molecule has 1 aliphatic heterocycles. The molecule has 0 bridgehead atoms. The normalized spacial score (nSPS) is 15.2. The van der Waals surface area contributed by atoms with E-state index < -0.39 is 5.82 Å². The lowest BCUT2D eigenvalue weighted by molar-refractivity contribution is -0.134.